The molecule has 0 radical (unpaired) electrons. The van der Waals surface area contributed by atoms with Gasteiger partial charge in [-0.25, -0.2) is 0 Å². The first-order valence-electron chi connectivity index (χ1n) is 12.0. The third kappa shape index (κ3) is 991. The van der Waals surface area contributed by atoms with E-state index in [2.05, 4.69) is 113 Å². The lowest BCUT2D eigenvalue weighted by Gasteiger charge is -2.19. The first-order chi connectivity index (χ1) is 14.5. The molecule has 0 saturated carbocycles. The number of ether oxygens (including phenoxy) is 2. The molecular weight excluding hydrogens is 464 g/mol. The van der Waals surface area contributed by atoms with E-state index < -0.39 is 0 Å². The summed E-state index contributed by atoms with van der Waals surface area (Å²) in [4.78, 5) is 0. The Morgan fingerprint density at radius 3 is 0.757 bits per heavy atom. The largest absolute Gasteiger partial charge is 0.412 e. The lowest BCUT2D eigenvalue weighted by molar-refractivity contribution is 0.277. The highest BCUT2D eigenvalue weighted by molar-refractivity contribution is 4.62. The van der Waals surface area contributed by atoms with E-state index in [1.807, 2.05) is 12.2 Å². The van der Waals surface area contributed by atoms with Gasteiger partial charge in [-0.2, -0.15) is 0 Å². The van der Waals surface area contributed by atoms with Crippen LogP contribution >= 0.6 is 0 Å². The van der Waals surface area contributed by atoms with Gasteiger partial charge >= 0.3 is 0 Å². The molecule has 5 heteroatoms. The van der Waals surface area contributed by atoms with Crippen molar-refractivity contribution in [1.82, 2.24) is 0 Å². The van der Waals surface area contributed by atoms with Crippen LogP contribution in [-0.4, -0.2) is 51.6 Å². The van der Waals surface area contributed by atoms with Crippen LogP contribution in [0.4, 0.5) is 0 Å². The predicted octanol–water partition coefficient (Wildman–Crippen LogP) is 10.2. The van der Waals surface area contributed by atoms with Crippen molar-refractivity contribution in [2.45, 2.75) is 132 Å². The molecule has 0 rings (SSSR count). The minimum Gasteiger partial charge on any atom is -0.412 e. The van der Waals surface area contributed by atoms with Crippen LogP contribution in [0, 0.1) is 23.2 Å². The molecule has 246 valence electrons. The van der Waals surface area contributed by atoms with Crippen LogP contribution in [0.5, 0.6) is 0 Å². The van der Waals surface area contributed by atoms with E-state index in [1.165, 1.54) is 6.42 Å². The number of hydrogen-bond acceptors (Lipinski definition) is 3. The van der Waals surface area contributed by atoms with Crippen molar-refractivity contribution in [1.29, 1.82) is 0 Å². The monoisotopic (exact) mass is 553 g/mol. The smallest absolute Gasteiger partial charge is 0.0351 e. The van der Waals surface area contributed by atoms with Gasteiger partial charge in [-0.05, 0) is 42.4 Å². The second kappa shape index (κ2) is 91.6. The topological polar surface area (TPSA) is 102 Å². The fraction of sp³-hybridized carbons (Fsp3) is 0.875. The molecule has 0 amide bonds. The summed E-state index contributed by atoms with van der Waals surface area (Å²) in [6.45, 7) is 35.5. The minimum atomic E-state index is 0. The standard InChI is InChI=1S/C8H18.2C4H10.2C4H8.2C2H6O.CH4O.3CH4.2H2O.H2/c1-7(2)6-8(3,4)5;2*1-4(2)3;2*1-3-4-2;2*1-3-2;1-2;;;;;;/h7H,6H2,1-5H3;2*4H,1-3H3;2*3H,1,4H2,2H3;2*1-2H3;2H,1H3;3*1H4;2*1H2;1H. The molecule has 0 bridgehead atoms. The molecule has 0 aromatic heterocycles. The number of rotatable bonds is 3. The van der Waals surface area contributed by atoms with E-state index in [1.54, 1.807) is 28.4 Å². The summed E-state index contributed by atoms with van der Waals surface area (Å²) < 4.78 is 8.50. The molecule has 37 heavy (non-hydrogen) atoms. The third-order valence-corrected chi connectivity index (χ3v) is 1.60. The van der Waals surface area contributed by atoms with Gasteiger partial charge < -0.3 is 25.5 Å². The highest BCUT2D eigenvalue weighted by Crippen LogP contribution is 2.23. The van der Waals surface area contributed by atoms with E-state index >= 15 is 0 Å². The summed E-state index contributed by atoms with van der Waals surface area (Å²) >= 11 is 0. The van der Waals surface area contributed by atoms with Gasteiger partial charge in [0.2, 0.25) is 0 Å². The SMILES string of the molecule is C.C.C.C=CCC.C=CCC.CC(C)C.CC(C)C.CC(C)CC(C)(C)C.CO.COC.COC.O.O.[HH]. The van der Waals surface area contributed by atoms with Crippen LogP contribution < -0.4 is 0 Å². The maximum atomic E-state index is 7.00. The molecule has 0 aliphatic heterocycles. The molecule has 0 saturated heterocycles. The van der Waals surface area contributed by atoms with Crippen molar-refractivity contribution >= 4 is 0 Å². The van der Waals surface area contributed by atoms with Gasteiger partial charge in [0.1, 0.15) is 0 Å². The minimum absolute atomic E-state index is 0. The van der Waals surface area contributed by atoms with Crippen LogP contribution in [0.3, 0.4) is 0 Å². The Hall–Kier alpha value is -0.720. The van der Waals surface area contributed by atoms with Crippen molar-refractivity contribution in [2.75, 3.05) is 35.5 Å². The summed E-state index contributed by atoms with van der Waals surface area (Å²) in [5.41, 5.74) is 0.522. The summed E-state index contributed by atoms with van der Waals surface area (Å²) in [6, 6.07) is 0. The second-order valence-corrected chi connectivity index (χ2v) is 9.83. The second-order valence-electron chi connectivity index (χ2n) is 9.83. The van der Waals surface area contributed by atoms with Crippen LogP contribution in [0.15, 0.2) is 25.3 Å². The van der Waals surface area contributed by atoms with Gasteiger partial charge in [-0.1, -0.05) is 124 Å². The molecule has 0 aromatic rings. The Morgan fingerprint density at radius 2 is 0.757 bits per heavy atom. The van der Waals surface area contributed by atoms with Crippen LogP contribution in [0.1, 0.15) is 133 Å². The van der Waals surface area contributed by atoms with Gasteiger partial charge in [-0.15, -0.1) is 13.2 Å². The zero-order chi connectivity index (χ0) is 28.2. The molecular formula is C32H88O5. The molecule has 0 aromatic carbocycles. The van der Waals surface area contributed by atoms with Crippen LogP contribution in [0.2, 0.25) is 0 Å². The number of methoxy groups -OCH3 is 2. The maximum absolute atomic E-state index is 7.00. The van der Waals surface area contributed by atoms with E-state index in [0.29, 0.717) is 5.41 Å². The molecule has 0 unspecified atom stereocenters. The fourth-order valence-corrected chi connectivity index (χ4v) is 1.22. The predicted molar refractivity (Wildman–Crippen MR) is 184 cm³/mol. The molecule has 0 heterocycles. The summed E-state index contributed by atoms with van der Waals surface area (Å²) in [5, 5.41) is 7.00. The Kier molecular flexibility index (Phi) is 206. The first kappa shape index (κ1) is 83.3. The van der Waals surface area contributed by atoms with E-state index in [0.717, 1.165) is 37.7 Å². The lowest BCUT2D eigenvalue weighted by Crippen LogP contribution is -2.08. The van der Waals surface area contributed by atoms with Crippen LogP contribution in [-0.2, 0) is 9.47 Å². The highest BCUT2D eigenvalue weighted by atomic mass is 16.5. The molecule has 0 spiro atoms. The number of hydrogen-bond donors (Lipinski definition) is 1. The number of allylic oxidation sites excluding steroid dienone is 2. The van der Waals surface area contributed by atoms with Crippen molar-refractivity contribution in [3.05, 3.63) is 25.3 Å². The summed E-state index contributed by atoms with van der Waals surface area (Å²) in [7, 11) is 7.50. The summed E-state index contributed by atoms with van der Waals surface area (Å²) in [6.07, 6.45) is 7.24. The molecule has 0 atom stereocenters. The van der Waals surface area contributed by atoms with Gasteiger partial charge in [0.25, 0.3) is 0 Å². The zero-order valence-corrected chi connectivity index (χ0v) is 27.2. The number of aliphatic hydroxyl groups is 1. The maximum Gasteiger partial charge on any atom is 0.0351 e. The van der Waals surface area contributed by atoms with Crippen LogP contribution in [0.25, 0.3) is 0 Å². The van der Waals surface area contributed by atoms with E-state index in [-0.39, 0.29) is 34.7 Å². The summed E-state index contributed by atoms with van der Waals surface area (Å²) in [5.74, 6) is 2.51. The van der Waals surface area contributed by atoms with E-state index in [9.17, 15) is 0 Å². The number of aliphatic hydroxyl groups excluding tert-OH is 1. The lowest BCUT2D eigenvalue weighted by atomic mass is 9.86. The van der Waals surface area contributed by atoms with Gasteiger partial charge in [0.05, 0.1) is 0 Å². The highest BCUT2D eigenvalue weighted by Gasteiger charge is 2.11. The average molecular weight is 553 g/mol. The average Bonchev–Trinajstić information content (AvgIpc) is 2.62. The Labute approximate surface area is 242 Å². The van der Waals surface area contributed by atoms with E-state index in [4.69, 9.17) is 5.11 Å². The third-order valence-electron chi connectivity index (χ3n) is 1.60. The molecule has 5 N–H and O–H groups in total. The van der Waals surface area contributed by atoms with Crippen molar-refractivity contribution in [3.63, 3.8) is 0 Å². The van der Waals surface area contributed by atoms with Gasteiger partial charge in [0, 0.05) is 37.0 Å². The Morgan fingerprint density at radius 1 is 0.649 bits per heavy atom. The Balaban J connectivity index is -0.0000000146. The fourth-order valence-electron chi connectivity index (χ4n) is 1.22. The normalized spacial score (nSPS) is 7.19. The molecule has 0 aliphatic carbocycles. The van der Waals surface area contributed by atoms with Gasteiger partial charge in [-0.3, -0.25) is 0 Å². The molecule has 5 nitrogen and oxygen atoms in total. The van der Waals surface area contributed by atoms with Crippen molar-refractivity contribution < 1.29 is 27.0 Å². The van der Waals surface area contributed by atoms with Gasteiger partial charge in [0.15, 0.2) is 0 Å². The van der Waals surface area contributed by atoms with Crippen molar-refractivity contribution in [3.8, 4) is 0 Å². The molecule has 0 aliphatic rings. The first-order valence-corrected chi connectivity index (χ1v) is 12.0. The van der Waals surface area contributed by atoms with Crippen molar-refractivity contribution in [2.24, 2.45) is 23.2 Å². The molecule has 0 fully saturated rings. The quantitative estimate of drug-likeness (QED) is 0.352. The zero-order valence-electron chi connectivity index (χ0n) is 27.2. The Bertz CT molecular complexity index is 231.